The van der Waals surface area contributed by atoms with Crippen LogP contribution >= 0.6 is 11.3 Å². The zero-order chi connectivity index (χ0) is 16.1. The van der Waals surface area contributed by atoms with Crippen LogP contribution in [0.4, 0.5) is 0 Å². The molecule has 0 aliphatic carbocycles. The SMILES string of the molecule is COc1cccc(OCC2CCCN(Cc3nnc(C)s3)C2)c1. The van der Waals surface area contributed by atoms with Crippen molar-refractivity contribution >= 4 is 11.3 Å². The van der Waals surface area contributed by atoms with Crippen LogP contribution in [0.5, 0.6) is 11.5 Å². The van der Waals surface area contributed by atoms with E-state index in [0.29, 0.717) is 5.92 Å². The van der Waals surface area contributed by atoms with Gasteiger partial charge in [0.1, 0.15) is 21.5 Å². The van der Waals surface area contributed by atoms with E-state index in [4.69, 9.17) is 9.47 Å². The van der Waals surface area contributed by atoms with E-state index in [1.165, 1.54) is 12.8 Å². The monoisotopic (exact) mass is 333 g/mol. The summed E-state index contributed by atoms with van der Waals surface area (Å²) in [6.45, 7) is 5.85. The van der Waals surface area contributed by atoms with E-state index in [0.717, 1.165) is 47.8 Å². The van der Waals surface area contributed by atoms with Crippen molar-refractivity contribution in [3.8, 4) is 11.5 Å². The standard InChI is InChI=1S/C17H23N3O2S/c1-13-18-19-17(23-13)11-20-8-4-5-14(10-20)12-22-16-7-3-6-15(9-16)21-2/h3,6-7,9,14H,4-5,8,10-12H2,1-2H3. The summed E-state index contributed by atoms with van der Waals surface area (Å²) in [6, 6.07) is 7.80. The summed E-state index contributed by atoms with van der Waals surface area (Å²) in [5, 5.41) is 10.5. The first-order valence-electron chi connectivity index (χ1n) is 8.01. The lowest BCUT2D eigenvalue weighted by Gasteiger charge is -2.31. The van der Waals surface area contributed by atoms with E-state index in [-0.39, 0.29) is 0 Å². The third-order valence-corrected chi connectivity index (χ3v) is 4.88. The highest BCUT2D eigenvalue weighted by Crippen LogP contribution is 2.23. The van der Waals surface area contributed by atoms with Gasteiger partial charge in [-0.15, -0.1) is 21.5 Å². The molecule has 5 nitrogen and oxygen atoms in total. The molecule has 3 rings (SSSR count). The number of aryl methyl sites for hydroxylation is 1. The average Bonchev–Trinajstić information content (AvgIpc) is 2.98. The molecule has 0 saturated carbocycles. The molecule has 0 spiro atoms. The van der Waals surface area contributed by atoms with E-state index >= 15 is 0 Å². The zero-order valence-electron chi connectivity index (χ0n) is 13.7. The highest BCUT2D eigenvalue weighted by atomic mass is 32.1. The quantitative estimate of drug-likeness (QED) is 0.813. The molecule has 1 aromatic carbocycles. The van der Waals surface area contributed by atoms with Crippen LogP contribution < -0.4 is 9.47 Å². The second kappa shape index (κ2) is 7.75. The summed E-state index contributed by atoms with van der Waals surface area (Å²) < 4.78 is 11.2. The predicted octanol–water partition coefficient (Wildman–Crippen LogP) is 3.15. The van der Waals surface area contributed by atoms with Gasteiger partial charge in [-0.1, -0.05) is 6.07 Å². The summed E-state index contributed by atoms with van der Waals surface area (Å²) in [5.74, 6) is 2.27. The van der Waals surface area contributed by atoms with Gasteiger partial charge < -0.3 is 9.47 Å². The summed E-state index contributed by atoms with van der Waals surface area (Å²) in [5.41, 5.74) is 0. The lowest BCUT2D eigenvalue weighted by molar-refractivity contribution is 0.125. The van der Waals surface area contributed by atoms with Gasteiger partial charge in [-0.05, 0) is 38.4 Å². The fraction of sp³-hybridized carbons (Fsp3) is 0.529. The molecule has 2 heterocycles. The molecule has 6 heteroatoms. The summed E-state index contributed by atoms with van der Waals surface area (Å²) in [6.07, 6.45) is 2.43. The first-order chi connectivity index (χ1) is 11.2. The van der Waals surface area contributed by atoms with Gasteiger partial charge in [0.05, 0.1) is 20.3 Å². The van der Waals surface area contributed by atoms with Crippen molar-refractivity contribution in [3.63, 3.8) is 0 Å². The molecule has 0 bridgehead atoms. The third kappa shape index (κ3) is 4.65. The molecule has 2 aromatic rings. The van der Waals surface area contributed by atoms with Gasteiger partial charge >= 0.3 is 0 Å². The maximum Gasteiger partial charge on any atom is 0.131 e. The van der Waals surface area contributed by atoms with Crippen molar-refractivity contribution in [2.45, 2.75) is 26.3 Å². The summed E-state index contributed by atoms with van der Waals surface area (Å²) in [4.78, 5) is 2.46. The number of ether oxygens (including phenoxy) is 2. The number of aromatic nitrogens is 2. The number of likely N-dealkylation sites (tertiary alicyclic amines) is 1. The van der Waals surface area contributed by atoms with E-state index in [9.17, 15) is 0 Å². The van der Waals surface area contributed by atoms with Gasteiger partial charge in [0.15, 0.2) is 0 Å². The Hall–Kier alpha value is -1.66. The molecule has 1 aromatic heterocycles. The maximum absolute atomic E-state index is 5.96. The van der Waals surface area contributed by atoms with Crippen LogP contribution in [0.2, 0.25) is 0 Å². The molecule has 1 aliphatic heterocycles. The minimum absolute atomic E-state index is 0.559. The number of hydrogen-bond donors (Lipinski definition) is 0. The lowest BCUT2D eigenvalue weighted by atomic mass is 9.99. The Labute approximate surface area is 141 Å². The Kier molecular flexibility index (Phi) is 5.46. The van der Waals surface area contributed by atoms with Gasteiger partial charge in [0.25, 0.3) is 0 Å². The second-order valence-electron chi connectivity index (χ2n) is 5.95. The van der Waals surface area contributed by atoms with E-state index in [1.807, 2.05) is 31.2 Å². The number of methoxy groups -OCH3 is 1. The molecular formula is C17H23N3O2S. The largest absolute Gasteiger partial charge is 0.497 e. The third-order valence-electron chi connectivity index (χ3n) is 4.06. The Bertz CT molecular complexity index is 632. The minimum atomic E-state index is 0.559. The Morgan fingerprint density at radius 3 is 2.96 bits per heavy atom. The molecule has 23 heavy (non-hydrogen) atoms. The van der Waals surface area contributed by atoms with Gasteiger partial charge in [-0.2, -0.15) is 0 Å². The fourth-order valence-corrected chi connectivity index (χ4v) is 3.68. The van der Waals surface area contributed by atoms with E-state index < -0.39 is 0 Å². The van der Waals surface area contributed by atoms with Crippen LogP contribution in [-0.2, 0) is 6.54 Å². The molecule has 0 radical (unpaired) electrons. The minimum Gasteiger partial charge on any atom is -0.497 e. The highest BCUT2D eigenvalue weighted by Gasteiger charge is 2.21. The average molecular weight is 333 g/mol. The lowest BCUT2D eigenvalue weighted by Crippen LogP contribution is -2.37. The summed E-state index contributed by atoms with van der Waals surface area (Å²) >= 11 is 1.69. The molecule has 0 amide bonds. The molecular weight excluding hydrogens is 310 g/mol. The van der Waals surface area contributed by atoms with Crippen molar-refractivity contribution in [2.24, 2.45) is 5.92 Å². The van der Waals surface area contributed by atoms with Crippen molar-refractivity contribution in [1.82, 2.24) is 15.1 Å². The number of hydrogen-bond acceptors (Lipinski definition) is 6. The van der Waals surface area contributed by atoms with E-state index in [2.05, 4.69) is 15.1 Å². The van der Waals surface area contributed by atoms with Gasteiger partial charge in [-0.3, -0.25) is 4.90 Å². The molecule has 0 N–H and O–H groups in total. The molecule has 1 aliphatic rings. The number of nitrogens with zero attached hydrogens (tertiary/aromatic N) is 3. The van der Waals surface area contributed by atoms with Gasteiger partial charge in [0, 0.05) is 18.5 Å². The second-order valence-corrected chi connectivity index (χ2v) is 7.21. The first-order valence-corrected chi connectivity index (χ1v) is 8.83. The molecule has 1 atom stereocenters. The maximum atomic E-state index is 5.96. The number of rotatable bonds is 6. The highest BCUT2D eigenvalue weighted by molar-refractivity contribution is 7.11. The Morgan fingerprint density at radius 2 is 2.17 bits per heavy atom. The van der Waals surface area contributed by atoms with E-state index in [1.54, 1.807) is 18.4 Å². The molecule has 1 saturated heterocycles. The van der Waals surface area contributed by atoms with Crippen molar-refractivity contribution in [1.29, 1.82) is 0 Å². The summed E-state index contributed by atoms with van der Waals surface area (Å²) in [7, 11) is 1.67. The number of benzene rings is 1. The smallest absolute Gasteiger partial charge is 0.131 e. The van der Waals surface area contributed by atoms with Crippen molar-refractivity contribution < 1.29 is 9.47 Å². The van der Waals surface area contributed by atoms with Crippen LogP contribution in [0.1, 0.15) is 22.9 Å². The van der Waals surface area contributed by atoms with Crippen LogP contribution in [-0.4, -0.2) is 41.9 Å². The van der Waals surface area contributed by atoms with Gasteiger partial charge in [0.2, 0.25) is 0 Å². The Balaban J connectivity index is 1.50. The van der Waals surface area contributed by atoms with Crippen molar-refractivity contribution in [2.75, 3.05) is 26.8 Å². The fourth-order valence-electron chi connectivity index (χ4n) is 2.93. The van der Waals surface area contributed by atoms with Crippen LogP contribution in [0, 0.1) is 12.8 Å². The van der Waals surface area contributed by atoms with Crippen LogP contribution in [0.15, 0.2) is 24.3 Å². The van der Waals surface area contributed by atoms with Crippen LogP contribution in [0.25, 0.3) is 0 Å². The molecule has 1 unspecified atom stereocenters. The van der Waals surface area contributed by atoms with Crippen molar-refractivity contribution in [3.05, 3.63) is 34.3 Å². The Morgan fingerprint density at radius 1 is 1.30 bits per heavy atom. The van der Waals surface area contributed by atoms with Gasteiger partial charge in [-0.25, -0.2) is 0 Å². The zero-order valence-corrected chi connectivity index (χ0v) is 14.5. The molecule has 124 valence electrons. The predicted molar refractivity (Wildman–Crippen MR) is 91.1 cm³/mol. The number of piperidine rings is 1. The topological polar surface area (TPSA) is 47.5 Å². The first kappa shape index (κ1) is 16.2. The molecule has 1 fully saturated rings. The normalized spacial score (nSPS) is 18.8. The van der Waals surface area contributed by atoms with Crippen LogP contribution in [0.3, 0.4) is 0 Å².